The highest BCUT2D eigenvalue weighted by Gasteiger charge is 2.21. The summed E-state index contributed by atoms with van der Waals surface area (Å²) in [5.74, 6) is -1.53. The Morgan fingerprint density at radius 2 is 2.00 bits per heavy atom. The van der Waals surface area contributed by atoms with Gasteiger partial charge in [0.1, 0.15) is 4.90 Å². The van der Waals surface area contributed by atoms with Gasteiger partial charge in [-0.25, -0.2) is 17.9 Å². The van der Waals surface area contributed by atoms with E-state index in [2.05, 4.69) is 0 Å². The van der Waals surface area contributed by atoms with Crippen molar-refractivity contribution in [2.75, 3.05) is 6.54 Å². The van der Waals surface area contributed by atoms with Gasteiger partial charge < -0.3 is 10.2 Å². The van der Waals surface area contributed by atoms with Crippen LogP contribution in [-0.2, 0) is 14.8 Å². The summed E-state index contributed by atoms with van der Waals surface area (Å²) in [6, 6.07) is 3.83. The summed E-state index contributed by atoms with van der Waals surface area (Å²) in [6.45, 7) is -0.666. The fourth-order valence-electron chi connectivity index (χ4n) is 1.04. The van der Waals surface area contributed by atoms with Gasteiger partial charge in [-0.05, 0) is 18.2 Å². The number of carboxylic acid groups (broad SMARTS) is 1. The SMILES string of the molecule is O=C(O)C(O)CNS(=O)(=O)c1cc(Cl)ccc1Cl. The number of nitrogens with one attached hydrogen (secondary N) is 1. The van der Waals surface area contributed by atoms with E-state index in [9.17, 15) is 13.2 Å². The molecule has 0 radical (unpaired) electrons. The molecule has 0 spiro atoms. The zero-order chi connectivity index (χ0) is 13.9. The molecule has 18 heavy (non-hydrogen) atoms. The molecule has 0 bridgehead atoms. The second-order valence-electron chi connectivity index (χ2n) is 3.28. The smallest absolute Gasteiger partial charge is 0.333 e. The lowest BCUT2D eigenvalue weighted by molar-refractivity contribution is -0.146. The second-order valence-corrected chi connectivity index (χ2v) is 5.86. The Bertz CT molecular complexity index is 560. The first-order chi connectivity index (χ1) is 8.24. The molecular formula is C9H9Cl2NO5S. The van der Waals surface area contributed by atoms with Crippen molar-refractivity contribution in [3.63, 3.8) is 0 Å². The molecule has 1 aromatic rings. The molecule has 1 atom stereocenters. The van der Waals surface area contributed by atoms with Crippen molar-refractivity contribution in [3.8, 4) is 0 Å². The molecule has 0 aliphatic rings. The van der Waals surface area contributed by atoms with E-state index in [1.54, 1.807) is 0 Å². The van der Waals surface area contributed by atoms with Gasteiger partial charge in [0.15, 0.2) is 6.10 Å². The average molecular weight is 314 g/mol. The summed E-state index contributed by atoms with van der Waals surface area (Å²) >= 11 is 11.3. The van der Waals surface area contributed by atoms with E-state index in [1.807, 2.05) is 4.72 Å². The van der Waals surface area contributed by atoms with Gasteiger partial charge in [-0.3, -0.25) is 0 Å². The fraction of sp³-hybridized carbons (Fsp3) is 0.222. The minimum Gasteiger partial charge on any atom is -0.479 e. The van der Waals surface area contributed by atoms with Gasteiger partial charge in [0, 0.05) is 11.6 Å². The molecule has 0 fully saturated rings. The van der Waals surface area contributed by atoms with Crippen LogP contribution in [0, 0.1) is 0 Å². The first-order valence-corrected chi connectivity index (χ1v) is 6.83. The predicted octanol–water partition coefficient (Wildman–Crippen LogP) is 0.717. The summed E-state index contributed by atoms with van der Waals surface area (Å²) in [5, 5.41) is 17.5. The van der Waals surface area contributed by atoms with Gasteiger partial charge in [0.2, 0.25) is 10.0 Å². The molecule has 6 nitrogen and oxygen atoms in total. The third-order valence-corrected chi connectivity index (χ3v) is 4.07. The molecule has 0 amide bonds. The summed E-state index contributed by atoms with van der Waals surface area (Å²) < 4.78 is 25.5. The fourth-order valence-corrected chi connectivity index (χ4v) is 2.84. The van der Waals surface area contributed by atoms with Crippen molar-refractivity contribution in [2.24, 2.45) is 0 Å². The number of carboxylic acids is 1. The van der Waals surface area contributed by atoms with Crippen molar-refractivity contribution in [3.05, 3.63) is 28.2 Å². The van der Waals surface area contributed by atoms with Crippen molar-refractivity contribution in [1.29, 1.82) is 0 Å². The number of rotatable bonds is 5. The molecule has 0 aliphatic carbocycles. The van der Waals surface area contributed by atoms with E-state index in [0.717, 1.165) is 6.07 Å². The quantitative estimate of drug-likeness (QED) is 0.743. The molecule has 9 heteroatoms. The van der Waals surface area contributed by atoms with Crippen LogP contribution >= 0.6 is 23.2 Å². The minimum atomic E-state index is -4.03. The van der Waals surface area contributed by atoms with Crippen LogP contribution in [0.5, 0.6) is 0 Å². The molecule has 1 unspecified atom stereocenters. The summed E-state index contributed by atoms with van der Waals surface area (Å²) in [4.78, 5) is 10.1. The zero-order valence-electron chi connectivity index (χ0n) is 8.80. The molecule has 0 aromatic heterocycles. The highest BCUT2D eigenvalue weighted by atomic mass is 35.5. The lowest BCUT2D eigenvalue weighted by Crippen LogP contribution is -2.36. The molecule has 1 aromatic carbocycles. The summed E-state index contributed by atoms with van der Waals surface area (Å²) in [7, 11) is -4.03. The zero-order valence-corrected chi connectivity index (χ0v) is 11.1. The van der Waals surface area contributed by atoms with E-state index in [4.69, 9.17) is 33.4 Å². The lowest BCUT2D eigenvalue weighted by atomic mass is 10.4. The standard InChI is InChI=1S/C9H9Cl2NO5S/c10-5-1-2-6(11)8(3-5)18(16,17)12-4-7(13)9(14)15/h1-3,7,12-13H,4H2,(H,14,15). The monoisotopic (exact) mass is 313 g/mol. The number of benzene rings is 1. The number of hydrogen-bond acceptors (Lipinski definition) is 4. The van der Waals surface area contributed by atoms with Gasteiger partial charge in [-0.1, -0.05) is 23.2 Å². The molecule has 3 N–H and O–H groups in total. The van der Waals surface area contributed by atoms with Crippen molar-refractivity contribution in [1.82, 2.24) is 4.72 Å². The normalized spacial score (nSPS) is 13.3. The van der Waals surface area contributed by atoms with Gasteiger partial charge in [-0.15, -0.1) is 0 Å². The topological polar surface area (TPSA) is 104 Å². The van der Waals surface area contributed by atoms with E-state index in [1.165, 1.54) is 12.1 Å². The third-order valence-electron chi connectivity index (χ3n) is 1.93. The molecule has 100 valence electrons. The largest absolute Gasteiger partial charge is 0.479 e. The maximum Gasteiger partial charge on any atom is 0.333 e. The maximum atomic E-state index is 11.8. The van der Waals surface area contributed by atoms with Crippen molar-refractivity contribution < 1.29 is 23.4 Å². The predicted molar refractivity (Wildman–Crippen MR) is 65.3 cm³/mol. The molecule has 0 saturated heterocycles. The maximum absolute atomic E-state index is 11.8. The van der Waals surface area contributed by atoms with Crippen LogP contribution in [0.3, 0.4) is 0 Å². The van der Waals surface area contributed by atoms with E-state index >= 15 is 0 Å². The molecule has 0 aliphatic heterocycles. The molecular weight excluding hydrogens is 305 g/mol. The number of aliphatic carboxylic acids is 1. The van der Waals surface area contributed by atoms with Gasteiger partial charge >= 0.3 is 5.97 Å². The number of aliphatic hydroxyl groups is 1. The Hall–Kier alpha value is -0.860. The van der Waals surface area contributed by atoms with Gasteiger partial charge in [0.25, 0.3) is 0 Å². The van der Waals surface area contributed by atoms with E-state index < -0.39 is 28.6 Å². The summed E-state index contributed by atoms with van der Waals surface area (Å²) in [6.07, 6.45) is -1.84. The highest BCUT2D eigenvalue weighted by molar-refractivity contribution is 7.89. The van der Waals surface area contributed by atoms with Crippen LogP contribution in [0.25, 0.3) is 0 Å². The molecule has 0 saturated carbocycles. The van der Waals surface area contributed by atoms with Gasteiger partial charge in [0.05, 0.1) is 5.02 Å². The van der Waals surface area contributed by atoms with E-state index in [0.29, 0.717) is 0 Å². The van der Waals surface area contributed by atoms with Crippen molar-refractivity contribution >= 4 is 39.2 Å². The van der Waals surface area contributed by atoms with Crippen LogP contribution in [0.2, 0.25) is 10.0 Å². The minimum absolute atomic E-state index is 0.0586. The van der Waals surface area contributed by atoms with Crippen LogP contribution in [-0.4, -0.2) is 37.2 Å². The number of aliphatic hydroxyl groups excluding tert-OH is 1. The van der Waals surface area contributed by atoms with Crippen LogP contribution in [0.15, 0.2) is 23.1 Å². The Balaban J connectivity index is 2.93. The Labute approximate surface area is 113 Å². The number of halogens is 2. The lowest BCUT2D eigenvalue weighted by Gasteiger charge is -2.10. The molecule has 1 rings (SSSR count). The number of sulfonamides is 1. The Morgan fingerprint density at radius 3 is 2.56 bits per heavy atom. The van der Waals surface area contributed by atoms with Crippen molar-refractivity contribution in [2.45, 2.75) is 11.0 Å². The number of hydrogen-bond donors (Lipinski definition) is 3. The average Bonchev–Trinajstić information content (AvgIpc) is 2.29. The van der Waals surface area contributed by atoms with Crippen LogP contribution in [0.4, 0.5) is 0 Å². The summed E-state index contributed by atoms with van der Waals surface area (Å²) in [5.41, 5.74) is 0. The second kappa shape index (κ2) is 5.85. The molecule has 0 heterocycles. The van der Waals surface area contributed by atoms with Crippen LogP contribution in [0.1, 0.15) is 0 Å². The first-order valence-electron chi connectivity index (χ1n) is 4.59. The third kappa shape index (κ3) is 3.82. The van der Waals surface area contributed by atoms with Gasteiger partial charge in [-0.2, -0.15) is 0 Å². The first kappa shape index (κ1) is 15.2. The van der Waals surface area contributed by atoms with E-state index in [-0.39, 0.29) is 14.9 Å². The Morgan fingerprint density at radius 1 is 1.39 bits per heavy atom. The van der Waals surface area contributed by atoms with Crippen LogP contribution < -0.4 is 4.72 Å². The Kier molecular flexibility index (Phi) is 4.94. The highest BCUT2D eigenvalue weighted by Crippen LogP contribution is 2.24. The number of carbonyl (C=O) groups is 1.